The average molecular weight is 248 g/mol. The van der Waals surface area contributed by atoms with Gasteiger partial charge in [0.2, 0.25) is 0 Å². The summed E-state index contributed by atoms with van der Waals surface area (Å²) in [5.74, 6) is 0.572. The minimum Gasteiger partial charge on any atom is -0.0689 e. The van der Waals surface area contributed by atoms with Gasteiger partial charge in [0.15, 0.2) is 0 Å². The van der Waals surface area contributed by atoms with E-state index in [1.165, 1.54) is 29.5 Å². The zero-order chi connectivity index (χ0) is 13.2. The van der Waals surface area contributed by atoms with Crippen LogP contribution in [0.15, 0.2) is 60.2 Å². The van der Waals surface area contributed by atoms with Gasteiger partial charge in [0.1, 0.15) is 0 Å². The number of hydrogen-bond acceptors (Lipinski definition) is 0. The molecule has 1 aliphatic rings. The Kier molecular flexibility index (Phi) is 3.25. The van der Waals surface area contributed by atoms with E-state index in [-0.39, 0.29) is 0 Å². The van der Waals surface area contributed by atoms with Crippen molar-refractivity contribution in [2.75, 3.05) is 0 Å². The first-order valence-electron chi connectivity index (χ1n) is 7.07. The molecule has 19 heavy (non-hydrogen) atoms. The molecule has 0 saturated heterocycles. The lowest BCUT2D eigenvalue weighted by Crippen LogP contribution is -1.98. The molecule has 0 heterocycles. The summed E-state index contributed by atoms with van der Waals surface area (Å²) in [6.07, 6.45) is 2.47. The smallest absolute Gasteiger partial charge is 0.00977 e. The molecule has 0 saturated carbocycles. The number of rotatable bonds is 2. The average Bonchev–Trinajstić information content (AvgIpc) is 2.82. The Labute approximate surface area is 115 Å². The fourth-order valence-electron chi connectivity index (χ4n) is 3.13. The van der Waals surface area contributed by atoms with E-state index >= 15 is 0 Å². The number of aryl methyl sites for hydroxylation is 1. The summed E-state index contributed by atoms with van der Waals surface area (Å²) in [6.45, 7) is 4.44. The van der Waals surface area contributed by atoms with Gasteiger partial charge in [0.25, 0.3) is 0 Å². The second-order valence-electron chi connectivity index (χ2n) is 5.56. The lowest BCUT2D eigenvalue weighted by molar-refractivity contribution is 0.801. The highest BCUT2D eigenvalue weighted by Crippen LogP contribution is 2.44. The Morgan fingerprint density at radius 3 is 2.21 bits per heavy atom. The van der Waals surface area contributed by atoms with Crippen LogP contribution >= 0.6 is 0 Å². The summed E-state index contributed by atoms with van der Waals surface area (Å²) in [5.41, 5.74) is 7.29. The second-order valence-corrected chi connectivity index (χ2v) is 5.56. The molecule has 0 radical (unpaired) electrons. The van der Waals surface area contributed by atoms with Crippen molar-refractivity contribution in [3.63, 3.8) is 0 Å². The summed E-state index contributed by atoms with van der Waals surface area (Å²) in [6, 6.07) is 19.9. The van der Waals surface area contributed by atoms with E-state index in [9.17, 15) is 0 Å². The van der Waals surface area contributed by atoms with Crippen LogP contribution in [-0.4, -0.2) is 0 Å². The molecule has 3 rings (SSSR count). The Morgan fingerprint density at radius 1 is 0.842 bits per heavy atom. The second kappa shape index (κ2) is 5.05. The van der Waals surface area contributed by atoms with E-state index in [4.69, 9.17) is 0 Å². The van der Waals surface area contributed by atoms with Crippen LogP contribution in [-0.2, 0) is 0 Å². The van der Waals surface area contributed by atoms with E-state index in [0.717, 1.165) is 0 Å². The van der Waals surface area contributed by atoms with Crippen molar-refractivity contribution < 1.29 is 0 Å². The standard InChI is InChI=1S/C19H20/c1-14-8-11-16(12-9-14)18-13-10-15(2)19(18)17-6-4-3-5-7-17/h3-9,11-12,18H,10,13H2,1-2H3. The van der Waals surface area contributed by atoms with Crippen molar-refractivity contribution >= 4 is 5.57 Å². The summed E-state index contributed by atoms with van der Waals surface area (Å²) < 4.78 is 0. The Balaban J connectivity index is 2.01. The van der Waals surface area contributed by atoms with E-state index < -0.39 is 0 Å². The molecule has 0 bridgehead atoms. The normalized spacial score (nSPS) is 18.9. The predicted octanol–water partition coefficient (Wildman–Crippen LogP) is 5.35. The van der Waals surface area contributed by atoms with Crippen LogP contribution in [0.2, 0.25) is 0 Å². The molecule has 0 fully saturated rings. The van der Waals surface area contributed by atoms with E-state index in [0.29, 0.717) is 5.92 Å². The predicted molar refractivity (Wildman–Crippen MR) is 82.2 cm³/mol. The van der Waals surface area contributed by atoms with Gasteiger partial charge in [-0.2, -0.15) is 0 Å². The highest BCUT2D eigenvalue weighted by Gasteiger charge is 2.25. The van der Waals surface area contributed by atoms with Gasteiger partial charge in [-0.1, -0.05) is 65.7 Å². The summed E-state index contributed by atoms with van der Waals surface area (Å²) >= 11 is 0. The molecule has 0 amide bonds. The van der Waals surface area contributed by atoms with Gasteiger partial charge < -0.3 is 0 Å². The first-order valence-corrected chi connectivity index (χ1v) is 7.07. The van der Waals surface area contributed by atoms with Crippen molar-refractivity contribution in [3.05, 3.63) is 76.9 Å². The van der Waals surface area contributed by atoms with Crippen molar-refractivity contribution in [3.8, 4) is 0 Å². The van der Waals surface area contributed by atoms with Crippen LogP contribution in [0.4, 0.5) is 0 Å². The minimum absolute atomic E-state index is 0.572. The Hall–Kier alpha value is -1.82. The zero-order valence-electron chi connectivity index (χ0n) is 11.7. The topological polar surface area (TPSA) is 0 Å². The molecule has 0 N–H and O–H groups in total. The van der Waals surface area contributed by atoms with Gasteiger partial charge in [-0.3, -0.25) is 0 Å². The maximum absolute atomic E-state index is 2.29. The van der Waals surface area contributed by atoms with Crippen LogP contribution in [0.25, 0.3) is 5.57 Å². The monoisotopic (exact) mass is 248 g/mol. The third-order valence-corrected chi connectivity index (χ3v) is 4.18. The van der Waals surface area contributed by atoms with Gasteiger partial charge in [-0.05, 0) is 43.4 Å². The van der Waals surface area contributed by atoms with Crippen LogP contribution in [0.5, 0.6) is 0 Å². The molecule has 0 aliphatic heterocycles. The van der Waals surface area contributed by atoms with Gasteiger partial charge in [0, 0.05) is 5.92 Å². The van der Waals surface area contributed by atoms with Crippen molar-refractivity contribution in [1.29, 1.82) is 0 Å². The molecule has 2 aromatic carbocycles. The van der Waals surface area contributed by atoms with Crippen LogP contribution in [0, 0.1) is 6.92 Å². The van der Waals surface area contributed by atoms with Gasteiger partial charge in [0.05, 0.1) is 0 Å². The number of benzene rings is 2. The lowest BCUT2D eigenvalue weighted by Gasteiger charge is -2.17. The maximum Gasteiger partial charge on any atom is 0.00977 e. The Morgan fingerprint density at radius 2 is 1.53 bits per heavy atom. The first kappa shape index (κ1) is 12.2. The van der Waals surface area contributed by atoms with Crippen LogP contribution in [0.3, 0.4) is 0 Å². The number of allylic oxidation sites excluding steroid dienone is 2. The molecule has 0 spiro atoms. The minimum atomic E-state index is 0.572. The molecule has 1 unspecified atom stereocenters. The van der Waals surface area contributed by atoms with E-state index in [1.807, 2.05) is 0 Å². The summed E-state index contributed by atoms with van der Waals surface area (Å²) in [7, 11) is 0. The molecule has 1 aliphatic carbocycles. The van der Waals surface area contributed by atoms with Crippen LogP contribution in [0.1, 0.15) is 42.4 Å². The zero-order valence-corrected chi connectivity index (χ0v) is 11.7. The van der Waals surface area contributed by atoms with E-state index in [1.54, 1.807) is 11.1 Å². The third-order valence-electron chi connectivity index (χ3n) is 4.18. The fraction of sp³-hybridized carbons (Fsp3) is 0.263. The molecule has 0 heteroatoms. The van der Waals surface area contributed by atoms with Crippen molar-refractivity contribution in [1.82, 2.24) is 0 Å². The van der Waals surface area contributed by atoms with Gasteiger partial charge in [-0.25, -0.2) is 0 Å². The summed E-state index contributed by atoms with van der Waals surface area (Å²) in [5, 5.41) is 0. The van der Waals surface area contributed by atoms with Crippen molar-refractivity contribution in [2.45, 2.75) is 32.6 Å². The van der Waals surface area contributed by atoms with Crippen molar-refractivity contribution in [2.24, 2.45) is 0 Å². The Bertz CT molecular complexity index is 588. The molecule has 96 valence electrons. The largest absolute Gasteiger partial charge is 0.0689 e. The lowest BCUT2D eigenvalue weighted by atomic mass is 9.87. The summed E-state index contributed by atoms with van der Waals surface area (Å²) in [4.78, 5) is 0. The molecule has 0 nitrogen and oxygen atoms in total. The molecule has 1 atom stereocenters. The molecule has 2 aromatic rings. The SMILES string of the molecule is CC1=C(c2ccccc2)C(c2ccc(C)cc2)CC1. The van der Waals surface area contributed by atoms with Gasteiger partial charge in [-0.15, -0.1) is 0 Å². The quantitative estimate of drug-likeness (QED) is 0.672. The maximum atomic E-state index is 2.29. The number of hydrogen-bond donors (Lipinski definition) is 0. The van der Waals surface area contributed by atoms with Crippen LogP contribution < -0.4 is 0 Å². The van der Waals surface area contributed by atoms with E-state index in [2.05, 4.69) is 68.4 Å². The molecular weight excluding hydrogens is 228 g/mol. The fourth-order valence-corrected chi connectivity index (χ4v) is 3.13. The first-order chi connectivity index (χ1) is 9.25. The molecular formula is C19H20. The highest BCUT2D eigenvalue weighted by molar-refractivity contribution is 5.76. The molecule has 0 aromatic heterocycles. The highest BCUT2D eigenvalue weighted by atomic mass is 14.3. The third kappa shape index (κ3) is 2.35. The van der Waals surface area contributed by atoms with Gasteiger partial charge >= 0.3 is 0 Å².